The molecule has 2 aliphatic rings. The highest BCUT2D eigenvalue weighted by Gasteiger charge is 2.43. The van der Waals surface area contributed by atoms with Gasteiger partial charge in [0.1, 0.15) is 5.82 Å². The third kappa shape index (κ3) is 1.97. The second-order valence-electron chi connectivity index (χ2n) is 5.17. The summed E-state index contributed by atoms with van der Waals surface area (Å²) >= 11 is 0. The Balaban J connectivity index is 2.05. The molecule has 0 atom stereocenters. The van der Waals surface area contributed by atoms with Crippen molar-refractivity contribution in [2.75, 3.05) is 17.2 Å². The molecule has 3 rings (SSSR count). The summed E-state index contributed by atoms with van der Waals surface area (Å²) in [5, 5.41) is 0. The van der Waals surface area contributed by atoms with E-state index >= 15 is 0 Å². The fourth-order valence-electron chi connectivity index (χ4n) is 2.22. The van der Waals surface area contributed by atoms with Gasteiger partial charge in [-0.25, -0.2) is 18.4 Å². The minimum Gasteiger partial charge on any atom is -0.383 e. The van der Waals surface area contributed by atoms with Crippen LogP contribution in [0.4, 0.5) is 5.82 Å². The van der Waals surface area contributed by atoms with Crippen molar-refractivity contribution in [1.82, 2.24) is 9.97 Å². The first kappa shape index (κ1) is 11.9. The van der Waals surface area contributed by atoms with E-state index in [9.17, 15) is 8.42 Å². The molecule has 1 fully saturated rings. The van der Waals surface area contributed by atoms with E-state index in [0.717, 1.165) is 24.1 Å². The largest absolute Gasteiger partial charge is 0.383 e. The Morgan fingerprint density at radius 3 is 2.44 bits per heavy atom. The Kier molecular flexibility index (Phi) is 2.40. The number of sulfone groups is 1. The summed E-state index contributed by atoms with van der Waals surface area (Å²) in [4.78, 5) is 8.71. The van der Waals surface area contributed by atoms with Gasteiger partial charge in [0.05, 0.1) is 22.7 Å². The van der Waals surface area contributed by atoms with E-state index in [0.29, 0.717) is 24.5 Å². The molecule has 4 N–H and O–H groups in total. The van der Waals surface area contributed by atoms with E-state index in [2.05, 4.69) is 9.97 Å². The normalized spacial score (nSPS) is 24.1. The zero-order chi connectivity index (χ0) is 13.0. The van der Waals surface area contributed by atoms with Gasteiger partial charge in [-0.2, -0.15) is 0 Å². The lowest BCUT2D eigenvalue weighted by atomic mass is 10.1. The van der Waals surface area contributed by atoms with Crippen LogP contribution >= 0.6 is 0 Å². The maximum absolute atomic E-state index is 11.6. The number of hydrogen-bond donors (Lipinski definition) is 2. The van der Waals surface area contributed by atoms with Gasteiger partial charge in [0.15, 0.2) is 15.7 Å². The van der Waals surface area contributed by atoms with Crippen LogP contribution in [0.1, 0.15) is 29.9 Å². The van der Waals surface area contributed by atoms with E-state index in [-0.39, 0.29) is 11.5 Å². The molecule has 0 saturated heterocycles. The first-order chi connectivity index (χ1) is 8.40. The molecule has 1 saturated carbocycles. The van der Waals surface area contributed by atoms with Gasteiger partial charge in [-0.3, -0.25) is 0 Å². The second-order valence-corrected chi connectivity index (χ2v) is 7.47. The molecule has 0 radical (unpaired) electrons. The van der Waals surface area contributed by atoms with Gasteiger partial charge in [-0.1, -0.05) is 0 Å². The number of rotatable bonds is 1. The fourth-order valence-corrected chi connectivity index (χ4v) is 3.45. The maximum Gasteiger partial charge on any atom is 0.151 e. The number of nitrogens with zero attached hydrogens (tertiary/aromatic N) is 2. The standard InChI is InChI=1S/C11H16N4O2S/c12-9-7-1-5-18(16,17)6-2-8(7)14-10(15-9)11(13)3-4-11/h1-6,13H2,(H2,12,14,15). The summed E-state index contributed by atoms with van der Waals surface area (Å²) in [6.45, 7) is 0. The van der Waals surface area contributed by atoms with Gasteiger partial charge < -0.3 is 11.5 Å². The number of aryl methyl sites for hydroxylation is 1. The predicted molar refractivity (Wildman–Crippen MR) is 67.6 cm³/mol. The maximum atomic E-state index is 11.6. The Labute approximate surface area is 106 Å². The highest BCUT2D eigenvalue weighted by atomic mass is 32.2. The van der Waals surface area contributed by atoms with Crippen LogP contribution in [0.15, 0.2) is 0 Å². The number of aromatic nitrogens is 2. The smallest absolute Gasteiger partial charge is 0.151 e. The SMILES string of the molecule is Nc1nc(C2(N)CC2)nc2c1CCS(=O)(=O)CC2. The lowest BCUT2D eigenvalue weighted by Crippen LogP contribution is -2.24. The van der Waals surface area contributed by atoms with Crippen molar-refractivity contribution < 1.29 is 8.42 Å². The van der Waals surface area contributed by atoms with E-state index < -0.39 is 15.4 Å². The average molecular weight is 268 g/mol. The third-order valence-electron chi connectivity index (χ3n) is 3.67. The Morgan fingerprint density at radius 2 is 1.78 bits per heavy atom. The molecule has 0 aromatic carbocycles. The van der Waals surface area contributed by atoms with E-state index in [4.69, 9.17) is 11.5 Å². The van der Waals surface area contributed by atoms with Crippen molar-refractivity contribution in [3.63, 3.8) is 0 Å². The topological polar surface area (TPSA) is 112 Å². The Morgan fingerprint density at radius 1 is 1.11 bits per heavy atom. The molecule has 2 heterocycles. The Bertz CT molecular complexity index is 608. The van der Waals surface area contributed by atoms with Crippen LogP contribution in [0.25, 0.3) is 0 Å². The van der Waals surface area contributed by atoms with Crippen molar-refractivity contribution in [1.29, 1.82) is 0 Å². The van der Waals surface area contributed by atoms with E-state index in [1.54, 1.807) is 0 Å². The molecule has 7 heteroatoms. The molecule has 6 nitrogen and oxygen atoms in total. The number of fused-ring (bicyclic) bond motifs is 1. The van der Waals surface area contributed by atoms with E-state index in [1.165, 1.54) is 0 Å². The van der Waals surface area contributed by atoms with Gasteiger partial charge in [0, 0.05) is 12.0 Å². The van der Waals surface area contributed by atoms with Crippen molar-refractivity contribution in [2.24, 2.45) is 5.73 Å². The van der Waals surface area contributed by atoms with E-state index in [1.807, 2.05) is 0 Å². The molecule has 1 aromatic heterocycles. The monoisotopic (exact) mass is 268 g/mol. The summed E-state index contributed by atoms with van der Waals surface area (Å²) in [6.07, 6.45) is 2.54. The minimum absolute atomic E-state index is 0.126. The molecule has 0 unspecified atom stereocenters. The third-order valence-corrected chi connectivity index (χ3v) is 5.32. The zero-order valence-electron chi connectivity index (χ0n) is 10.0. The van der Waals surface area contributed by atoms with Gasteiger partial charge in [-0.15, -0.1) is 0 Å². The highest BCUT2D eigenvalue weighted by Crippen LogP contribution is 2.41. The predicted octanol–water partition coefficient (Wildman–Crippen LogP) is -0.480. The molecule has 18 heavy (non-hydrogen) atoms. The van der Waals surface area contributed by atoms with Crippen LogP contribution in [0, 0.1) is 0 Å². The van der Waals surface area contributed by atoms with Crippen LogP contribution in [0.2, 0.25) is 0 Å². The minimum atomic E-state index is -2.99. The summed E-state index contributed by atoms with van der Waals surface area (Å²) in [5.41, 5.74) is 13.1. The zero-order valence-corrected chi connectivity index (χ0v) is 10.8. The first-order valence-electron chi connectivity index (χ1n) is 6.05. The van der Waals surface area contributed by atoms with Crippen molar-refractivity contribution in [3.05, 3.63) is 17.1 Å². The van der Waals surface area contributed by atoms with Crippen LogP contribution < -0.4 is 11.5 Å². The molecule has 1 aliphatic carbocycles. The lowest BCUT2D eigenvalue weighted by Gasteiger charge is -2.13. The van der Waals surface area contributed by atoms with Crippen molar-refractivity contribution in [2.45, 2.75) is 31.2 Å². The summed E-state index contributed by atoms with van der Waals surface area (Å²) in [7, 11) is -2.99. The molecule has 0 bridgehead atoms. The van der Waals surface area contributed by atoms with Crippen LogP contribution in [0.3, 0.4) is 0 Å². The molecule has 0 amide bonds. The summed E-state index contributed by atoms with van der Waals surface area (Å²) in [5.74, 6) is 1.22. The summed E-state index contributed by atoms with van der Waals surface area (Å²) in [6, 6.07) is 0. The number of hydrogen-bond acceptors (Lipinski definition) is 6. The molecule has 0 spiro atoms. The van der Waals surface area contributed by atoms with Crippen LogP contribution in [-0.4, -0.2) is 29.9 Å². The van der Waals surface area contributed by atoms with Gasteiger partial charge in [0.2, 0.25) is 0 Å². The lowest BCUT2D eigenvalue weighted by molar-refractivity contribution is 0.596. The fraction of sp³-hybridized carbons (Fsp3) is 0.636. The second kappa shape index (κ2) is 3.64. The van der Waals surface area contributed by atoms with Crippen molar-refractivity contribution in [3.8, 4) is 0 Å². The molecule has 98 valence electrons. The van der Waals surface area contributed by atoms with Crippen LogP contribution in [0.5, 0.6) is 0 Å². The molecule has 1 aliphatic heterocycles. The first-order valence-corrected chi connectivity index (χ1v) is 7.87. The van der Waals surface area contributed by atoms with Crippen molar-refractivity contribution >= 4 is 15.7 Å². The summed E-state index contributed by atoms with van der Waals surface area (Å²) < 4.78 is 23.3. The van der Waals surface area contributed by atoms with Gasteiger partial charge in [0.25, 0.3) is 0 Å². The van der Waals surface area contributed by atoms with Crippen LogP contribution in [-0.2, 0) is 28.2 Å². The molecular weight excluding hydrogens is 252 g/mol. The van der Waals surface area contributed by atoms with Gasteiger partial charge in [-0.05, 0) is 19.3 Å². The highest BCUT2D eigenvalue weighted by molar-refractivity contribution is 7.91. The molecular formula is C11H16N4O2S. The Hall–Kier alpha value is -1.21. The molecule has 1 aromatic rings. The number of anilines is 1. The number of nitrogen functional groups attached to an aromatic ring is 1. The van der Waals surface area contributed by atoms with Gasteiger partial charge >= 0.3 is 0 Å². The quantitative estimate of drug-likeness (QED) is 0.711. The number of nitrogens with two attached hydrogens (primary N) is 2. The average Bonchev–Trinajstić information content (AvgIpc) is 3.05.